The quantitative estimate of drug-likeness (QED) is 0.774. The minimum Gasteiger partial charge on any atom is -0.497 e. The molecule has 0 heterocycles. The molecule has 0 N–H and O–H groups in total. The lowest BCUT2D eigenvalue weighted by Crippen LogP contribution is -2.01. The Morgan fingerprint density at radius 3 is 2.41 bits per heavy atom. The largest absolute Gasteiger partial charge is 0.497 e. The van der Waals surface area contributed by atoms with E-state index in [-0.39, 0.29) is 5.78 Å². The van der Waals surface area contributed by atoms with Crippen LogP contribution in [0.3, 0.4) is 0 Å². The fourth-order valence-electron chi connectivity index (χ4n) is 1.57. The summed E-state index contributed by atoms with van der Waals surface area (Å²) in [7, 11) is 1.54. The third kappa shape index (κ3) is 2.66. The molecular weight excluding hydrogens is 236 g/mol. The maximum Gasteiger partial charge on any atom is 0.193 e. The van der Waals surface area contributed by atoms with E-state index in [0.717, 1.165) is 0 Å². The van der Waals surface area contributed by atoms with E-state index in [9.17, 15) is 4.79 Å². The molecule has 2 nitrogen and oxygen atoms in total. The van der Waals surface area contributed by atoms with Crippen molar-refractivity contribution in [3.05, 3.63) is 64.7 Å². The van der Waals surface area contributed by atoms with Crippen LogP contribution in [0.1, 0.15) is 15.9 Å². The van der Waals surface area contributed by atoms with Crippen LogP contribution in [-0.2, 0) is 0 Å². The Hall–Kier alpha value is -1.80. The van der Waals surface area contributed by atoms with Crippen LogP contribution in [0.4, 0.5) is 0 Å². The third-order valence-corrected chi connectivity index (χ3v) is 2.62. The number of hydrogen-bond acceptors (Lipinski definition) is 2. The maximum atomic E-state index is 12.2. The van der Waals surface area contributed by atoms with Gasteiger partial charge in [-0.15, -0.1) is 0 Å². The molecule has 0 aliphatic heterocycles. The normalized spacial score (nSPS) is 10.0. The minimum atomic E-state index is -0.0635. The Bertz CT molecular complexity index is 535. The molecule has 0 spiro atoms. The summed E-state index contributed by atoms with van der Waals surface area (Å²) in [6.07, 6.45) is 0. The summed E-state index contributed by atoms with van der Waals surface area (Å²) < 4.78 is 5.09. The molecule has 0 aliphatic carbocycles. The second-order valence-electron chi connectivity index (χ2n) is 3.57. The molecule has 0 amide bonds. The van der Waals surface area contributed by atoms with E-state index in [1.165, 1.54) is 0 Å². The molecule has 0 unspecified atom stereocenters. The van der Waals surface area contributed by atoms with Gasteiger partial charge < -0.3 is 4.74 Å². The van der Waals surface area contributed by atoms with Gasteiger partial charge >= 0.3 is 0 Å². The molecule has 0 fully saturated rings. The van der Waals surface area contributed by atoms with Crippen LogP contribution >= 0.6 is 11.6 Å². The monoisotopic (exact) mass is 246 g/mol. The Morgan fingerprint density at radius 2 is 1.76 bits per heavy atom. The van der Waals surface area contributed by atoms with Crippen LogP contribution in [0.25, 0.3) is 0 Å². The van der Waals surface area contributed by atoms with Crippen LogP contribution < -0.4 is 4.74 Å². The molecule has 0 aromatic heterocycles. The van der Waals surface area contributed by atoms with Gasteiger partial charge in [0.05, 0.1) is 7.11 Å². The van der Waals surface area contributed by atoms with Crippen molar-refractivity contribution in [3.63, 3.8) is 0 Å². The number of benzene rings is 2. The molecule has 2 aromatic carbocycles. The molecule has 0 atom stereocenters. The number of ether oxygens (including phenoxy) is 1. The first-order valence-corrected chi connectivity index (χ1v) is 5.53. The topological polar surface area (TPSA) is 26.3 Å². The summed E-state index contributed by atoms with van der Waals surface area (Å²) >= 11 is 5.93. The second kappa shape index (κ2) is 5.02. The van der Waals surface area contributed by atoms with Gasteiger partial charge in [0.25, 0.3) is 0 Å². The minimum absolute atomic E-state index is 0.0635. The van der Waals surface area contributed by atoms with Gasteiger partial charge in [-0.05, 0) is 18.2 Å². The summed E-state index contributed by atoms with van der Waals surface area (Å²) in [6, 6.07) is 14.1. The summed E-state index contributed by atoms with van der Waals surface area (Å²) in [5.41, 5.74) is 1.16. The highest BCUT2D eigenvalue weighted by atomic mass is 35.5. The van der Waals surface area contributed by atoms with Gasteiger partial charge in [-0.3, -0.25) is 4.79 Å². The van der Waals surface area contributed by atoms with E-state index in [0.29, 0.717) is 21.9 Å². The van der Waals surface area contributed by atoms with Crippen LogP contribution in [0.15, 0.2) is 48.5 Å². The Labute approximate surface area is 105 Å². The third-order valence-electron chi connectivity index (χ3n) is 2.41. The zero-order valence-corrected chi connectivity index (χ0v) is 10.1. The van der Waals surface area contributed by atoms with E-state index in [4.69, 9.17) is 16.3 Å². The molecule has 0 bridgehead atoms. The maximum absolute atomic E-state index is 12.2. The molecule has 17 heavy (non-hydrogen) atoms. The highest BCUT2D eigenvalue weighted by Crippen LogP contribution is 2.22. The number of hydrogen-bond donors (Lipinski definition) is 0. The van der Waals surface area contributed by atoms with Crippen molar-refractivity contribution in [1.82, 2.24) is 0 Å². The van der Waals surface area contributed by atoms with E-state index < -0.39 is 0 Å². The van der Waals surface area contributed by atoms with Gasteiger partial charge in [0.1, 0.15) is 5.75 Å². The van der Waals surface area contributed by atoms with Gasteiger partial charge in [-0.2, -0.15) is 0 Å². The van der Waals surface area contributed by atoms with Gasteiger partial charge in [0.2, 0.25) is 0 Å². The van der Waals surface area contributed by atoms with E-state index in [1.807, 2.05) is 18.2 Å². The number of ketones is 1. The number of carbonyl (C=O) groups is 1. The molecule has 0 radical (unpaired) electrons. The fraction of sp³-hybridized carbons (Fsp3) is 0.0714. The second-order valence-corrected chi connectivity index (χ2v) is 4.01. The van der Waals surface area contributed by atoms with Crippen LogP contribution in [0.5, 0.6) is 5.75 Å². The van der Waals surface area contributed by atoms with Crippen molar-refractivity contribution in [1.29, 1.82) is 0 Å². The summed E-state index contributed by atoms with van der Waals surface area (Å²) in [6.45, 7) is 0. The van der Waals surface area contributed by atoms with Crippen molar-refractivity contribution < 1.29 is 9.53 Å². The molecule has 2 aromatic rings. The van der Waals surface area contributed by atoms with Crippen molar-refractivity contribution >= 4 is 17.4 Å². The predicted molar refractivity (Wildman–Crippen MR) is 67.9 cm³/mol. The lowest BCUT2D eigenvalue weighted by atomic mass is 10.0. The van der Waals surface area contributed by atoms with Gasteiger partial charge in [0.15, 0.2) is 5.78 Å². The number of methoxy groups -OCH3 is 1. The Kier molecular flexibility index (Phi) is 3.45. The average Bonchev–Trinajstić information content (AvgIpc) is 2.38. The van der Waals surface area contributed by atoms with E-state index in [2.05, 4.69) is 0 Å². The van der Waals surface area contributed by atoms with Crippen LogP contribution in [-0.4, -0.2) is 12.9 Å². The SMILES string of the molecule is COc1cc(Cl)cc(C(=O)c2ccccc2)c1. The number of rotatable bonds is 3. The molecule has 0 saturated heterocycles. The summed E-state index contributed by atoms with van der Waals surface area (Å²) in [5, 5.41) is 0.489. The van der Waals surface area contributed by atoms with Crippen molar-refractivity contribution in [2.45, 2.75) is 0 Å². The summed E-state index contributed by atoms with van der Waals surface area (Å²) in [5.74, 6) is 0.517. The zero-order chi connectivity index (χ0) is 12.3. The van der Waals surface area contributed by atoms with Crippen LogP contribution in [0.2, 0.25) is 5.02 Å². The molecule has 0 aliphatic rings. The van der Waals surface area contributed by atoms with E-state index >= 15 is 0 Å². The first kappa shape index (κ1) is 11.7. The highest BCUT2D eigenvalue weighted by molar-refractivity contribution is 6.31. The molecule has 2 rings (SSSR count). The first-order chi connectivity index (χ1) is 8.20. The van der Waals surface area contributed by atoms with Crippen molar-refractivity contribution in [2.75, 3.05) is 7.11 Å². The van der Waals surface area contributed by atoms with Gasteiger partial charge in [0, 0.05) is 16.1 Å². The molecule has 3 heteroatoms. The predicted octanol–water partition coefficient (Wildman–Crippen LogP) is 3.58. The zero-order valence-electron chi connectivity index (χ0n) is 9.31. The number of carbonyl (C=O) groups excluding carboxylic acids is 1. The Balaban J connectivity index is 2.41. The fourth-order valence-corrected chi connectivity index (χ4v) is 1.79. The molecular formula is C14H11ClO2. The summed E-state index contributed by atoms with van der Waals surface area (Å²) in [4.78, 5) is 12.2. The molecule has 0 saturated carbocycles. The van der Waals surface area contributed by atoms with Crippen LogP contribution in [0, 0.1) is 0 Å². The van der Waals surface area contributed by atoms with Gasteiger partial charge in [-0.1, -0.05) is 41.9 Å². The smallest absolute Gasteiger partial charge is 0.193 e. The molecule has 86 valence electrons. The lowest BCUT2D eigenvalue weighted by Gasteiger charge is -2.05. The lowest BCUT2D eigenvalue weighted by molar-refractivity contribution is 0.103. The number of halogens is 1. The highest BCUT2D eigenvalue weighted by Gasteiger charge is 2.10. The van der Waals surface area contributed by atoms with Crippen molar-refractivity contribution in [3.8, 4) is 5.75 Å². The first-order valence-electron chi connectivity index (χ1n) is 5.15. The Morgan fingerprint density at radius 1 is 1.06 bits per heavy atom. The van der Waals surface area contributed by atoms with E-state index in [1.54, 1.807) is 37.4 Å². The average molecular weight is 247 g/mol. The van der Waals surface area contributed by atoms with Crippen molar-refractivity contribution in [2.24, 2.45) is 0 Å². The van der Waals surface area contributed by atoms with Gasteiger partial charge in [-0.25, -0.2) is 0 Å². The standard InChI is InChI=1S/C14H11ClO2/c1-17-13-8-11(7-12(15)9-13)14(16)10-5-3-2-4-6-10/h2-9H,1H3.